The van der Waals surface area contributed by atoms with Gasteiger partial charge in [-0.15, -0.1) is 0 Å². The average molecular weight is 380 g/mol. The van der Waals surface area contributed by atoms with Crippen molar-refractivity contribution in [2.45, 2.75) is 45.8 Å². The molecule has 0 saturated carbocycles. The van der Waals surface area contributed by atoms with Gasteiger partial charge in [0.1, 0.15) is 18.2 Å². The summed E-state index contributed by atoms with van der Waals surface area (Å²) < 4.78 is 15.0. The van der Waals surface area contributed by atoms with Crippen molar-refractivity contribution >= 4 is 18.0 Å². The van der Waals surface area contributed by atoms with E-state index in [2.05, 4.69) is 5.43 Å². The van der Waals surface area contributed by atoms with Crippen molar-refractivity contribution in [2.24, 2.45) is 0 Å². The molecule has 0 spiro atoms. The van der Waals surface area contributed by atoms with Gasteiger partial charge in [0.05, 0.1) is 13.7 Å². The smallest absolute Gasteiger partial charge is 0.422 e. The van der Waals surface area contributed by atoms with Gasteiger partial charge in [-0.2, -0.15) is 5.01 Å². The third kappa shape index (κ3) is 8.54. The van der Waals surface area contributed by atoms with Crippen LogP contribution in [0.5, 0.6) is 0 Å². The SMILES string of the molecule is CCOC(=O)CN(NC(=O)OC(C)(C)C)C(Cc1ccccc1)C(=O)OC. The highest BCUT2D eigenvalue weighted by atomic mass is 16.6. The monoisotopic (exact) mass is 380 g/mol. The number of esters is 2. The molecule has 0 heterocycles. The number of carbonyl (C=O) groups excluding carboxylic acids is 3. The topological polar surface area (TPSA) is 94.2 Å². The second kappa shape index (κ2) is 10.5. The Bertz CT molecular complexity index is 627. The van der Waals surface area contributed by atoms with E-state index in [0.717, 1.165) is 5.56 Å². The molecule has 8 heteroatoms. The van der Waals surface area contributed by atoms with Crippen molar-refractivity contribution in [3.63, 3.8) is 0 Å². The number of carbonyl (C=O) groups is 3. The van der Waals surface area contributed by atoms with E-state index in [1.165, 1.54) is 12.1 Å². The lowest BCUT2D eigenvalue weighted by Crippen LogP contribution is -2.56. The van der Waals surface area contributed by atoms with Gasteiger partial charge >= 0.3 is 18.0 Å². The second-order valence-corrected chi connectivity index (χ2v) is 6.78. The van der Waals surface area contributed by atoms with Crippen LogP contribution in [-0.4, -0.2) is 54.9 Å². The number of ether oxygens (including phenoxy) is 3. The molecular weight excluding hydrogens is 352 g/mol. The molecule has 1 N–H and O–H groups in total. The fourth-order valence-electron chi connectivity index (χ4n) is 2.29. The highest BCUT2D eigenvalue weighted by Crippen LogP contribution is 2.12. The highest BCUT2D eigenvalue weighted by Gasteiger charge is 2.32. The maximum absolute atomic E-state index is 12.4. The maximum atomic E-state index is 12.4. The van der Waals surface area contributed by atoms with Gasteiger partial charge in [-0.1, -0.05) is 30.3 Å². The molecule has 0 aliphatic rings. The molecule has 0 bridgehead atoms. The summed E-state index contributed by atoms with van der Waals surface area (Å²) in [6, 6.07) is 8.26. The highest BCUT2D eigenvalue weighted by molar-refractivity contribution is 5.79. The van der Waals surface area contributed by atoms with Crippen LogP contribution in [0.2, 0.25) is 0 Å². The molecule has 0 aromatic heterocycles. The van der Waals surface area contributed by atoms with E-state index < -0.39 is 29.7 Å². The Hall–Kier alpha value is -2.61. The van der Waals surface area contributed by atoms with E-state index in [4.69, 9.17) is 14.2 Å². The van der Waals surface area contributed by atoms with E-state index in [1.54, 1.807) is 27.7 Å². The van der Waals surface area contributed by atoms with Crippen LogP contribution in [0.1, 0.15) is 33.3 Å². The molecular formula is C19H28N2O6. The van der Waals surface area contributed by atoms with E-state index in [9.17, 15) is 14.4 Å². The van der Waals surface area contributed by atoms with Crippen LogP contribution in [0.15, 0.2) is 30.3 Å². The molecule has 0 fully saturated rings. The van der Waals surface area contributed by atoms with Crippen molar-refractivity contribution in [2.75, 3.05) is 20.3 Å². The Morgan fingerprint density at radius 3 is 2.30 bits per heavy atom. The van der Waals surface area contributed by atoms with Gasteiger partial charge in [0.2, 0.25) is 0 Å². The number of nitrogens with one attached hydrogen (secondary N) is 1. The minimum Gasteiger partial charge on any atom is -0.468 e. The predicted molar refractivity (Wildman–Crippen MR) is 98.7 cm³/mol. The first-order chi connectivity index (χ1) is 12.7. The first-order valence-corrected chi connectivity index (χ1v) is 8.70. The zero-order valence-electron chi connectivity index (χ0n) is 16.5. The zero-order chi connectivity index (χ0) is 20.4. The third-order valence-electron chi connectivity index (χ3n) is 3.36. The summed E-state index contributed by atoms with van der Waals surface area (Å²) in [6.07, 6.45) is -0.559. The summed E-state index contributed by atoms with van der Waals surface area (Å²) >= 11 is 0. The number of rotatable bonds is 8. The van der Waals surface area contributed by atoms with Crippen LogP contribution < -0.4 is 5.43 Å². The van der Waals surface area contributed by atoms with Crippen LogP contribution in [0.3, 0.4) is 0 Å². The molecule has 0 radical (unpaired) electrons. The van der Waals surface area contributed by atoms with Gasteiger partial charge in [0.15, 0.2) is 0 Å². The van der Waals surface area contributed by atoms with E-state index in [1.807, 2.05) is 30.3 Å². The number of nitrogens with zero attached hydrogens (tertiary/aromatic N) is 1. The van der Waals surface area contributed by atoms with Crippen LogP contribution in [0.25, 0.3) is 0 Å². The fraction of sp³-hybridized carbons (Fsp3) is 0.526. The largest absolute Gasteiger partial charge is 0.468 e. The van der Waals surface area contributed by atoms with Crippen LogP contribution >= 0.6 is 0 Å². The fourth-order valence-corrected chi connectivity index (χ4v) is 2.29. The minimum absolute atomic E-state index is 0.181. The molecule has 1 unspecified atom stereocenters. The lowest BCUT2D eigenvalue weighted by molar-refractivity contribution is -0.152. The zero-order valence-corrected chi connectivity index (χ0v) is 16.5. The van der Waals surface area contributed by atoms with Crippen molar-refractivity contribution in [1.29, 1.82) is 0 Å². The van der Waals surface area contributed by atoms with Crippen molar-refractivity contribution in [3.8, 4) is 0 Å². The molecule has 0 aliphatic heterocycles. The Morgan fingerprint density at radius 2 is 1.78 bits per heavy atom. The molecule has 150 valence electrons. The standard InChI is InChI=1S/C19H28N2O6/c1-6-26-16(22)13-21(20-18(24)27-19(2,3)4)15(17(23)25-5)12-14-10-8-7-9-11-14/h7-11,15H,6,12-13H2,1-5H3,(H,20,24). The lowest BCUT2D eigenvalue weighted by atomic mass is 10.1. The van der Waals surface area contributed by atoms with Crippen molar-refractivity contribution in [3.05, 3.63) is 35.9 Å². The van der Waals surface area contributed by atoms with Crippen molar-refractivity contribution < 1.29 is 28.6 Å². The number of hydrazine groups is 1. The van der Waals surface area contributed by atoms with Gasteiger partial charge in [0, 0.05) is 6.42 Å². The Morgan fingerprint density at radius 1 is 1.15 bits per heavy atom. The summed E-state index contributed by atoms with van der Waals surface area (Å²) in [4.78, 5) is 36.5. The molecule has 8 nitrogen and oxygen atoms in total. The van der Waals surface area contributed by atoms with Gasteiger partial charge in [-0.05, 0) is 33.3 Å². The summed E-state index contributed by atoms with van der Waals surface area (Å²) in [5.41, 5.74) is 2.57. The van der Waals surface area contributed by atoms with Gasteiger partial charge in [-0.25, -0.2) is 4.79 Å². The Labute approximate surface area is 159 Å². The van der Waals surface area contributed by atoms with E-state index in [-0.39, 0.29) is 19.6 Å². The Balaban J connectivity index is 3.06. The number of benzene rings is 1. The minimum atomic E-state index is -0.936. The molecule has 0 saturated heterocycles. The summed E-state index contributed by atoms with van der Waals surface area (Å²) in [6.45, 7) is 6.66. The number of amides is 1. The summed E-state index contributed by atoms with van der Waals surface area (Å²) in [5.74, 6) is -1.19. The molecule has 1 rings (SSSR count). The molecule has 0 aliphatic carbocycles. The van der Waals surface area contributed by atoms with Crippen LogP contribution in [0, 0.1) is 0 Å². The summed E-state index contributed by atoms with van der Waals surface area (Å²) in [5, 5.41) is 1.19. The maximum Gasteiger partial charge on any atom is 0.422 e. The second-order valence-electron chi connectivity index (χ2n) is 6.78. The van der Waals surface area contributed by atoms with E-state index >= 15 is 0 Å². The predicted octanol–water partition coefficient (Wildman–Crippen LogP) is 2.08. The molecule has 1 aromatic carbocycles. The van der Waals surface area contributed by atoms with Gasteiger partial charge in [-0.3, -0.25) is 15.0 Å². The average Bonchev–Trinajstić information content (AvgIpc) is 2.58. The number of hydrogen-bond donors (Lipinski definition) is 1. The Kier molecular flexibility index (Phi) is 8.74. The molecule has 1 aromatic rings. The van der Waals surface area contributed by atoms with Crippen LogP contribution in [0.4, 0.5) is 4.79 Å². The van der Waals surface area contributed by atoms with Gasteiger partial charge in [0.25, 0.3) is 0 Å². The lowest BCUT2D eigenvalue weighted by Gasteiger charge is -2.30. The number of methoxy groups -OCH3 is 1. The van der Waals surface area contributed by atoms with Gasteiger partial charge < -0.3 is 14.2 Å². The third-order valence-corrected chi connectivity index (χ3v) is 3.36. The normalized spacial score (nSPS) is 12.2. The molecule has 27 heavy (non-hydrogen) atoms. The first-order valence-electron chi connectivity index (χ1n) is 8.70. The summed E-state index contributed by atoms with van der Waals surface area (Å²) in [7, 11) is 1.25. The quantitative estimate of drug-likeness (QED) is 0.419. The first kappa shape index (κ1) is 22.4. The van der Waals surface area contributed by atoms with Crippen molar-refractivity contribution in [1.82, 2.24) is 10.4 Å². The molecule has 1 atom stereocenters. The number of hydrogen-bond acceptors (Lipinski definition) is 7. The van der Waals surface area contributed by atoms with E-state index in [0.29, 0.717) is 0 Å². The van der Waals surface area contributed by atoms with Crippen LogP contribution in [-0.2, 0) is 30.2 Å². The molecule has 1 amide bonds.